The van der Waals surface area contributed by atoms with E-state index in [9.17, 15) is 0 Å². The van der Waals surface area contributed by atoms with Crippen LogP contribution in [0.2, 0.25) is 0 Å². The third-order valence-electron chi connectivity index (χ3n) is 6.79. The average Bonchev–Trinajstić information content (AvgIpc) is 2.99. The first-order valence-corrected chi connectivity index (χ1v) is 10.7. The molecule has 0 spiro atoms. The van der Waals surface area contributed by atoms with Crippen LogP contribution in [-0.2, 0) is 0 Å². The molecule has 0 aromatic heterocycles. The Bertz CT molecular complexity index is 493. The Morgan fingerprint density at radius 3 is 1.76 bits per heavy atom. The monoisotopic (exact) mass is 341 g/mol. The fourth-order valence-electron chi connectivity index (χ4n) is 5.22. The molecular formula is C22H35N3. The van der Waals surface area contributed by atoms with Crippen molar-refractivity contribution in [2.45, 2.75) is 63.5 Å². The number of likely N-dealkylation sites (tertiary alicyclic amines) is 1. The van der Waals surface area contributed by atoms with Gasteiger partial charge in [-0.05, 0) is 50.9 Å². The van der Waals surface area contributed by atoms with Crippen LogP contribution in [-0.4, -0.2) is 61.2 Å². The van der Waals surface area contributed by atoms with E-state index in [4.69, 9.17) is 0 Å². The zero-order chi connectivity index (χ0) is 16.9. The third-order valence-corrected chi connectivity index (χ3v) is 6.79. The topological polar surface area (TPSA) is 9.72 Å². The highest BCUT2D eigenvalue weighted by molar-refractivity contribution is 5.46. The quantitative estimate of drug-likeness (QED) is 0.770. The summed E-state index contributed by atoms with van der Waals surface area (Å²) in [7, 11) is 0. The van der Waals surface area contributed by atoms with Crippen LogP contribution in [0.5, 0.6) is 0 Å². The Balaban J connectivity index is 1.23. The van der Waals surface area contributed by atoms with Crippen molar-refractivity contribution in [3.8, 4) is 0 Å². The summed E-state index contributed by atoms with van der Waals surface area (Å²) < 4.78 is 0. The first-order chi connectivity index (χ1) is 12.4. The van der Waals surface area contributed by atoms with E-state index in [1.165, 1.54) is 96.3 Å². The molecule has 0 bridgehead atoms. The molecule has 1 aromatic rings. The van der Waals surface area contributed by atoms with Crippen molar-refractivity contribution in [1.82, 2.24) is 9.80 Å². The van der Waals surface area contributed by atoms with Crippen molar-refractivity contribution in [2.75, 3.05) is 44.2 Å². The summed E-state index contributed by atoms with van der Waals surface area (Å²) in [6.45, 7) is 7.54. The summed E-state index contributed by atoms with van der Waals surface area (Å²) in [5.41, 5.74) is 1.39. The third kappa shape index (κ3) is 4.38. The predicted octanol–water partition coefficient (Wildman–Crippen LogP) is 4.00. The van der Waals surface area contributed by atoms with Gasteiger partial charge in [-0.25, -0.2) is 0 Å². The molecule has 3 nitrogen and oxygen atoms in total. The fourth-order valence-corrected chi connectivity index (χ4v) is 5.22. The first kappa shape index (κ1) is 17.4. The second-order valence-electron chi connectivity index (χ2n) is 8.27. The molecule has 2 heterocycles. The van der Waals surface area contributed by atoms with Gasteiger partial charge < -0.3 is 9.80 Å². The lowest BCUT2D eigenvalue weighted by Crippen LogP contribution is -2.54. The highest BCUT2D eigenvalue weighted by Gasteiger charge is 2.30. The predicted molar refractivity (Wildman–Crippen MR) is 106 cm³/mol. The highest BCUT2D eigenvalue weighted by Crippen LogP contribution is 2.27. The lowest BCUT2D eigenvalue weighted by molar-refractivity contribution is 0.0750. The van der Waals surface area contributed by atoms with E-state index < -0.39 is 0 Å². The Labute approximate surface area is 154 Å². The number of anilines is 1. The molecule has 0 amide bonds. The molecule has 1 aliphatic carbocycles. The molecule has 0 radical (unpaired) electrons. The summed E-state index contributed by atoms with van der Waals surface area (Å²) in [6.07, 6.45) is 11.6. The van der Waals surface area contributed by atoms with Gasteiger partial charge >= 0.3 is 0 Å². The van der Waals surface area contributed by atoms with E-state index >= 15 is 0 Å². The minimum Gasteiger partial charge on any atom is -0.369 e. The second-order valence-corrected chi connectivity index (χ2v) is 8.27. The molecule has 3 aliphatic rings. The number of hydrogen-bond acceptors (Lipinski definition) is 3. The molecule has 2 saturated heterocycles. The van der Waals surface area contributed by atoms with Crippen molar-refractivity contribution < 1.29 is 0 Å². The van der Waals surface area contributed by atoms with Gasteiger partial charge in [0.1, 0.15) is 0 Å². The maximum absolute atomic E-state index is 2.84. The fraction of sp³-hybridized carbons (Fsp3) is 0.727. The summed E-state index contributed by atoms with van der Waals surface area (Å²) in [5, 5.41) is 0. The Morgan fingerprint density at radius 2 is 1.12 bits per heavy atom. The molecule has 25 heavy (non-hydrogen) atoms. The zero-order valence-corrected chi connectivity index (χ0v) is 15.8. The van der Waals surface area contributed by atoms with Crippen LogP contribution in [0, 0.1) is 0 Å². The van der Waals surface area contributed by atoms with E-state index in [0.29, 0.717) is 0 Å². The molecule has 0 atom stereocenters. The van der Waals surface area contributed by atoms with Crippen LogP contribution < -0.4 is 4.90 Å². The molecule has 0 unspecified atom stereocenters. The second kappa shape index (κ2) is 8.55. The number of rotatable bonds is 3. The van der Waals surface area contributed by atoms with Crippen molar-refractivity contribution in [2.24, 2.45) is 0 Å². The molecule has 138 valence electrons. The largest absolute Gasteiger partial charge is 0.369 e. The van der Waals surface area contributed by atoms with Crippen LogP contribution >= 0.6 is 0 Å². The summed E-state index contributed by atoms with van der Waals surface area (Å²) >= 11 is 0. The molecule has 3 fully saturated rings. The van der Waals surface area contributed by atoms with Crippen molar-refractivity contribution in [1.29, 1.82) is 0 Å². The number of hydrogen-bond donors (Lipinski definition) is 0. The maximum atomic E-state index is 2.84. The maximum Gasteiger partial charge on any atom is 0.0367 e. The van der Waals surface area contributed by atoms with Crippen LogP contribution in [0.4, 0.5) is 5.69 Å². The van der Waals surface area contributed by atoms with Gasteiger partial charge in [0.15, 0.2) is 0 Å². The number of para-hydroxylation sites is 1. The molecular weight excluding hydrogens is 306 g/mol. The van der Waals surface area contributed by atoms with Gasteiger partial charge in [-0.15, -0.1) is 0 Å². The van der Waals surface area contributed by atoms with Crippen molar-refractivity contribution in [3.05, 3.63) is 30.3 Å². The van der Waals surface area contributed by atoms with Crippen molar-refractivity contribution >= 4 is 5.69 Å². The van der Waals surface area contributed by atoms with Gasteiger partial charge in [0.05, 0.1) is 0 Å². The van der Waals surface area contributed by atoms with E-state index in [0.717, 1.165) is 12.1 Å². The van der Waals surface area contributed by atoms with Crippen LogP contribution in [0.15, 0.2) is 30.3 Å². The van der Waals surface area contributed by atoms with Crippen LogP contribution in [0.25, 0.3) is 0 Å². The minimum absolute atomic E-state index is 0.833. The number of nitrogens with zero attached hydrogens (tertiary/aromatic N) is 3. The average molecular weight is 342 g/mol. The molecule has 1 aromatic carbocycles. The smallest absolute Gasteiger partial charge is 0.0367 e. The Hall–Kier alpha value is -1.06. The van der Waals surface area contributed by atoms with Crippen LogP contribution in [0.1, 0.15) is 51.4 Å². The first-order valence-electron chi connectivity index (χ1n) is 10.7. The van der Waals surface area contributed by atoms with E-state index in [-0.39, 0.29) is 0 Å². The summed E-state index contributed by atoms with van der Waals surface area (Å²) in [5.74, 6) is 0. The summed E-state index contributed by atoms with van der Waals surface area (Å²) in [6, 6.07) is 12.7. The van der Waals surface area contributed by atoms with Gasteiger partial charge in [0.25, 0.3) is 0 Å². The van der Waals surface area contributed by atoms with E-state index in [1.807, 2.05) is 0 Å². The van der Waals surface area contributed by atoms with Crippen LogP contribution in [0.3, 0.4) is 0 Å². The molecule has 4 rings (SSSR count). The number of piperidine rings is 1. The van der Waals surface area contributed by atoms with Gasteiger partial charge in [-0.3, -0.25) is 4.90 Å². The minimum atomic E-state index is 0.833. The lowest BCUT2D eigenvalue weighted by atomic mass is 9.98. The standard InChI is InChI=1S/C22H35N3/c1-2-5-9-20(8-4-1)23-14-12-22(13-15-23)25-18-16-24(17-19-25)21-10-6-3-7-11-21/h3,6-7,10-11,20,22H,1-2,4-5,8-9,12-19H2. The Kier molecular flexibility index (Phi) is 5.94. The van der Waals surface area contributed by atoms with Gasteiger partial charge in [-0.1, -0.05) is 43.9 Å². The zero-order valence-electron chi connectivity index (χ0n) is 15.8. The lowest BCUT2D eigenvalue weighted by Gasteiger charge is -2.44. The molecule has 3 heteroatoms. The highest BCUT2D eigenvalue weighted by atomic mass is 15.3. The SMILES string of the molecule is c1ccc(N2CCN(C3CCN(C4CCCCCC4)CC3)CC2)cc1. The van der Waals surface area contributed by atoms with Gasteiger partial charge in [0, 0.05) is 44.0 Å². The summed E-state index contributed by atoms with van der Waals surface area (Å²) in [4.78, 5) is 8.17. The van der Waals surface area contributed by atoms with Gasteiger partial charge in [0.2, 0.25) is 0 Å². The van der Waals surface area contributed by atoms with Gasteiger partial charge in [-0.2, -0.15) is 0 Å². The van der Waals surface area contributed by atoms with E-state index in [2.05, 4.69) is 45.0 Å². The Morgan fingerprint density at radius 1 is 0.560 bits per heavy atom. The molecule has 1 saturated carbocycles. The van der Waals surface area contributed by atoms with E-state index in [1.54, 1.807) is 0 Å². The number of benzene rings is 1. The number of piperazine rings is 1. The normalized spacial score (nSPS) is 25.8. The molecule has 0 N–H and O–H groups in total. The molecule has 2 aliphatic heterocycles. The van der Waals surface area contributed by atoms with Crippen molar-refractivity contribution in [3.63, 3.8) is 0 Å².